The molecular weight excluding hydrogens is 205 g/mol. The smallest absolute Gasteiger partial charge is 0.429 e. The van der Waals surface area contributed by atoms with Crippen molar-refractivity contribution in [1.82, 2.24) is 0 Å². The molecule has 1 aromatic rings. The predicted octanol–water partition coefficient (Wildman–Crippen LogP) is 2.78. The van der Waals surface area contributed by atoms with Crippen molar-refractivity contribution in [1.29, 1.82) is 0 Å². The van der Waals surface area contributed by atoms with Crippen molar-refractivity contribution in [3.05, 3.63) is 10.3 Å². The maximum Gasteiger partial charge on any atom is 0.429 e. The van der Waals surface area contributed by atoms with Gasteiger partial charge < -0.3 is 9.47 Å². The molecule has 74 valence electrons. The predicted molar refractivity (Wildman–Crippen MR) is 42.4 cm³/mol. The largest absolute Gasteiger partial charge is 0.492 e. The third-order valence-corrected chi connectivity index (χ3v) is 2.38. The summed E-state index contributed by atoms with van der Waals surface area (Å²) in [6.45, 7) is 0. The molecule has 0 radical (unpaired) electrons. The average molecular weight is 212 g/mol. The number of methoxy groups -OCH3 is 2. The van der Waals surface area contributed by atoms with E-state index in [1.807, 2.05) is 0 Å². The Bertz CT molecular complexity index is 292. The van der Waals surface area contributed by atoms with Crippen LogP contribution in [0, 0.1) is 0 Å². The van der Waals surface area contributed by atoms with E-state index in [1.165, 1.54) is 19.6 Å². The van der Waals surface area contributed by atoms with Gasteiger partial charge in [0.05, 0.1) is 14.2 Å². The maximum atomic E-state index is 12.3. The monoisotopic (exact) mass is 212 g/mol. The van der Waals surface area contributed by atoms with Crippen LogP contribution in [0.25, 0.3) is 0 Å². The van der Waals surface area contributed by atoms with Gasteiger partial charge in [0, 0.05) is 5.38 Å². The summed E-state index contributed by atoms with van der Waals surface area (Å²) >= 11 is 0.557. The number of alkyl halides is 3. The summed E-state index contributed by atoms with van der Waals surface area (Å²) in [5.74, 6) is -0.139. The molecule has 0 saturated carbocycles. The average Bonchev–Trinajstić information content (AvgIpc) is 2.45. The first-order chi connectivity index (χ1) is 6.00. The van der Waals surface area contributed by atoms with E-state index in [9.17, 15) is 13.2 Å². The minimum atomic E-state index is -4.38. The molecule has 0 aromatic carbocycles. The Morgan fingerprint density at radius 3 is 2.23 bits per heavy atom. The van der Waals surface area contributed by atoms with Gasteiger partial charge in [-0.3, -0.25) is 0 Å². The molecule has 0 aliphatic rings. The molecule has 0 aliphatic carbocycles. The topological polar surface area (TPSA) is 18.5 Å². The van der Waals surface area contributed by atoms with Gasteiger partial charge in [-0.25, -0.2) is 0 Å². The molecule has 2 nitrogen and oxygen atoms in total. The molecule has 1 aromatic heterocycles. The zero-order chi connectivity index (χ0) is 10.1. The summed E-state index contributed by atoms with van der Waals surface area (Å²) in [5, 5.41) is 1.27. The van der Waals surface area contributed by atoms with E-state index in [0.717, 1.165) is 0 Å². The summed E-state index contributed by atoms with van der Waals surface area (Å²) in [4.78, 5) is -0.771. The SMILES string of the molecule is COc1csc(C(F)(F)F)c1OC. The molecule has 0 bridgehead atoms. The fourth-order valence-electron chi connectivity index (χ4n) is 0.861. The summed E-state index contributed by atoms with van der Waals surface area (Å²) in [5.41, 5.74) is 0. The number of ether oxygens (including phenoxy) is 2. The lowest BCUT2D eigenvalue weighted by atomic mass is 10.4. The molecule has 1 heterocycles. The fourth-order valence-corrected chi connectivity index (χ4v) is 1.71. The Morgan fingerprint density at radius 2 is 1.85 bits per heavy atom. The summed E-state index contributed by atoms with van der Waals surface area (Å²) in [6, 6.07) is 0. The van der Waals surface area contributed by atoms with Crippen molar-refractivity contribution >= 4 is 11.3 Å². The lowest BCUT2D eigenvalue weighted by molar-refractivity contribution is -0.135. The van der Waals surface area contributed by atoms with Gasteiger partial charge in [0.15, 0.2) is 16.4 Å². The highest BCUT2D eigenvalue weighted by molar-refractivity contribution is 7.10. The van der Waals surface area contributed by atoms with Crippen molar-refractivity contribution in [3.63, 3.8) is 0 Å². The number of halogens is 3. The second-order valence-corrected chi connectivity index (χ2v) is 3.04. The van der Waals surface area contributed by atoms with Crippen LogP contribution in [0.3, 0.4) is 0 Å². The van der Waals surface area contributed by atoms with Crippen LogP contribution in [0.2, 0.25) is 0 Å². The van der Waals surface area contributed by atoms with Gasteiger partial charge in [-0.2, -0.15) is 13.2 Å². The molecular formula is C7H7F3O2S. The zero-order valence-electron chi connectivity index (χ0n) is 6.94. The lowest BCUT2D eigenvalue weighted by Crippen LogP contribution is -2.04. The van der Waals surface area contributed by atoms with E-state index < -0.39 is 11.1 Å². The molecule has 0 N–H and O–H groups in total. The van der Waals surface area contributed by atoms with E-state index in [-0.39, 0.29) is 11.5 Å². The van der Waals surface area contributed by atoms with Crippen molar-refractivity contribution in [2.24, 2.45) is 0 Å². The summed E-state index contributed by atoms with van der Waals surface area (Å²) in [7, 11) is 2.48. The molecule has 0 unspecified atom stereocenters. The van der Waals surface area contributed by atoms with Crippen LogP contribution in [-0.2, 0) is 6.18 Å². The molecule has 1 rings (SSSR count). The van der Waals surface area contributed by atoms with Crippen LogP contribution in [0.15, 0.2) is 5.38 Å². The third-order valence-electron chi connectivity index (χ3n) is 1.40. The van der Waals surface area contributed by atoms with E-state index in [2.05, 4.69) is 4.74 Å². The van der Waals surface area contributed by atoms with Gasteiger partial charge in [-0.05, 0) is 0 Å². The molecule has 6 heteroatoms. The van der Waals surface area contributed by atoms with E-state index >= 15 is 0 Å². The minimum Gasteiger partial charge on any atom is -0.492 e. The van der Waals surface area contributed by atoms with Crippen LogP contribution >= 0.6 is 11.3 Å². The van der Waals surface area contributed by atoms with Crippen LogP contribution in [0.4, 0.5) is 13.2 Å². The standard InChI is InChI=1S/C7H7F3O2S/c1-11-4-3-13-6(5(4)12-2)7(8,9)10/h3H,1-2H3. The number of hydrogen-bond donors (Lipinski definition) is 0. The first kappa shape index (κ1) is 10.2. The molecule has 0 saturated heterocycles. The van der Waals surface area contributed by atoms with Gasteiger partial charge in [0.25, 0.3) is 0 Å². The van der Waals surface area contributed by atoms with Gasteiger partial charge in [0.1, 0.15) is 0 Å². The molecule has 0 spiro atoms. The molecule has 13 heavy (non-hydrogen) atoms. The number of thiophene rings is 1. The Kier molecular flexibility index (Phi) is 2.70. The third kappa shape index (κ3) is 1.88. The first-order valence-electron chi connectivity index (χ1n) is 3.27. The van der Waals surface area contributed by atoms with Gasteiger partial charge in [-0.1, -0.05) is 0 Å². The molecule has 0 aliphatic heterocycles. The number of rotatable bonds is 2. The highest BCUT2D eigenvalue weighted by Crippen LogP contribution is 2.46. The second kappa shape index (κ2) is 3.45. The van der Waals surface area contributed by atoms with Crippen molar-refractivity contribution in [2.45, 2.75) is 6.18 Å². The van der Waals surface area contributed by atoms with Crippen molar-refractivity contribution in [3.8, 4) is 11.5 Å². The highest BCUT2D eigenvalue weighted by atomic mass is 32.1. The zero-order valence-corrected chi connectivity index (χ0v) is 7.75. The van der Waals surface area contributed by atoms with Crippen LogP contribution in [0.1, 0.15) is 4.88 Å². The van der Waals surface area contributed by atoms with E-state index in [1.54, 1.807) is 0 Å². The molecule has 0 atom stereocenters. The molecule has 0 fully saturated rings. The first-order valence-corrected chi connectivity index (χ1v) is 4.15. The minimum absolute atomic E-state index is 0.111. The number of hydrogen-bond acceptors (Lipinski definition) is 3. The highest BCUT2D eigenvalue weighted by Gasteiger charge is 2.37. The lowest BCUT2D eigenvalue weighted by Gasteiger charge is -2.07. The van der Waals surface area contributed by atoms with Gasteiger partial charge in [-0.15, -0.1) is 11.3 Å². The Labute approximate surface area is 76.9 Å². The normalized spacial score (nSPS) is 11.5. The Hall–Kier alpha value is -0.910. The Balaban J connectivity index is 3.16. The van der Waals surface area contributed by atoms with Gasteiger partial charge in [0.2, 0.25) is 0 Å². The van der Waals surface area contributed by atoms with Crippen molar-refractivity contribution in [2.75, 3.05) is 14.2 Å². The summed E-state index contributed by atoms with van der Waals surface area (Å²) < 4.78 is 46.1. The van der Waals surface area contributed by atoms with Crippen LogP contribution in [0.5, 0.6) is 11.5 Å². The Morgan fingerprint density at radius 1 is 1.23 bits per heavy atom. The van der Waals surface area contributed by atoms with Crippen LogP contribution < -0.4 is 9.47 Å². The van der Waals surface area contributed by atoms with E-state index in [0.29, 0.717) is 11.3 Å². The van der Waals surface area contributed by atoms with E-state index in [4.69, 9.17) is 4.74 Å². The van der Waals surface area contributed by atoms with Crippen molar-refractivity contribution < 1.29 is 22.6 Å². The quantitative estimate of drug-likeness (QED) is 0.750. The maximum absolute atomic E-state index is 12.3. The molecule has 0 amide bonds. The van der Waals surface area contributed by atoms with Crippen LogP contribution in [-0.4, -0.2) is 14.2 Å². The second-order valence-electron chi connectivity index (χ2n) is 2.16. The summed E-state index contributed by atoms with van der Waals surface area (Å²) in [6.07, 6.45) is -4.38. The fraction of sp³-hybridized carbons (Fsp3) is 0.429. The van der Waals surface area contributed by atoms with Gasteiger partial charge >= 0.3 is 6.18 Å².